The number of ether oxygens (including phenoxy) is 2. The average molecular weight is 385 g/mol. The lowest BCUT2D eigenvalue weighted by molar-refractivity contribution is -0.134. The van der Waals surface area contributed by atoms with Crippen LogP contribution < -0.4 is 9.47 Å². The first kappa shape index (κ1) is 20.5. The predicted molar refractivity (Wildman–Crippen MR) is 98.0 cm³/mol. The van der Waals surface area contributed by atoms with Crippen molar-refractivity contribution in [1.29, 1.82) is 0 Å². The Morgan fingerprint density at radius 3 is 2.23 bits per heavy atom. The number of carbonyl (C=O) groups is 1. The highest BCUT2D eigenvalue weighted by Crippen LogP contribution is 2.31. The van der Waals surface area contributed by atoms with Gasteiger partial charge in [-0.2, -0.15) is 4.31 Å². The molecule has 0 spiro atoms. The third-order valence-corrected chi connectivity index (χ3v) is 6.53. The SMILES string of the molecule is COc1ccc(OC)c(S(=O)(=O)N2CCN([C@@H](C)C(=O)N(C)C)CC2)c1. The molecule has 1 aromatic carbocycles. The molecule has 8 nitrogen and oxygen atoms in total. The lowest BCUT2D eigenvalue weighted by Gasteiger charge is -2.37. The van der Waals surface area contributed by atoms with E-state index in [1.54, 1.807) is 31.1 Å². The molecule has 9 heteroatoms. The van der Waals surface area contributed by atoms with Crippen LogP contribution >= 0.6 is 0 Å². The zero-order valence-electron chi connectivity index (χ0n) is 15.9. The number of methoxy groups -OCH3 is 2. The van der Waals surface area contributed by atoms with Gasteiger partial charge in [-0.05, 0) is 19.1 Å². The Bertz CT molecular complexity index is 743. The average Bonchev–Trinajstić information content (AvgIpc) is 2.66. The van der Waals surface area contributed by atoms with Crippen molar-refractivity contribution < 1.29 is 22.7 Å². The summed E-state index contributed by atoms with van der Waals surface area (Å²) < 4.78 is 37.9. The molecule has 0 aliphatic carbocycles. The molecule has 1 atom stereocenters. The number of amides is 1. The standard InChI is InChI=1S/C17H27N3O5S/c1-13(17(21)18(2)3)19-8-10-20(11-9-19)26(22,23)16-12-14(24-4)6-7-15(16)25-5/h6-7,12-13H,8-11H2,1-5H3/t13-/m0/s1. The highest BCUT2D eigenvalue weighted by atomic mass is 32.2. The van der Waals surface area contributed by atoms with Crippen LogP contribution in [-0.4, -0.2) is 89.0 Å². The molecule has 2 rings (SSSR count). The summed E-state index contributed by atoms with van der Waals surface area (Å²) in [5.41, 5.74) is 0. The van der Waals surface area contributed by atoms with E-state index in [0.717, 1.165) is 0 Å². The van der Waals surface area contributed by atoms with Gasteiger partial charge in [0.25, 0.3) is 0 Å². The van der Waals surface area contributed by atoms with Crippen LogP contribution in [0, 0.1) is 0 Å². The van der Waals surface area contributed by atoms with Crippen molar-refractivity contribution in [1.82, 2.24) is 14.1 Å². The fraction of sp³-hybridized carbons (Fsp3) is 0.588. The van der Waals surface area contributed by atoms with Crippen LogP contribution in [0.4, 0.5) is 0 Å². The topological polar surface area (TPSA) is 79.4 Å². The van der Waals surface area contributed by atoms with Gasteiger partial charge < -0.3 is 14.4 Å². The number of carbonyl (C=O) groups excluding carboxylic acids is 1. The van der Waals surface area contributed by atoms with E-state index in [1.165, 1.54) is 24.6 Å². The van der Waals surface area contributed by atoms with Crippen LogP contribution in [-0.2, 0) is 14.8 Å². The molecule has 1 saturated heterocycles. The highest BCUT2D eigenvalue weighted by Gasteiger charge is 2.33. The van der Waals surface area contributed by atoms with E-state index in [2.05, 4.69) is 0 Å². The van der Waals surface area contributed by atoms with Crippen molar-refractivity contribution in [3.05, 3.63) is 18.2 Å². The minimum absolute atomic E-state index is 0.00997. The van der Waals surface area contributed by atoms with Crippen LogP contribution in [0.2, 0.25) is 0 Å². The monoisotopic (exact) mass is 385 g/mol. The first-order valence-electron chi connectivity index (χ1n) is 8.39. The molecule has 0 saturated carbocycles. The molecule has 0 bridgehead atoms. The molecule has 0 radical (unpaired) electrons. The third-order valence-electron chi connectivity index (χ3n) is 4.61. The molecular formula is C17H27N3O5S. The smallest absolute Gasteiger partial charge is 0.246 e. The van der Waals surface area contributed by atoms with Gasteiger partial charge in [-0.1, -0.05) is 0 Å². The maximum absolute atomic E-state index is 13.1. The van der Waals surface area contributed by atoms with Gasteiger partial charge >= 0.3 is 0 Å². The Hall–Kier alpha value is -1.84. The van der Waals surface area contributed by atoms with Gasteiger partial charge in [-0.15, -0.1) is 0 Å². The quantitative estimate of drug-likeness (QED) is 0.709. The van der Waals surface area contributed by atoms with Crippen LogP contribution in [0.5, 0.6) is 11.5 Å². The maximum Gasteiger partial charge on any atom is 0.246 e. The molecule has 1 amide bonds. The Labute approximate surface area is 155 Å². The first-order chi connectivity index (χ1) is 12.2. The Morgan fingerprint density at radius 1 is 1.12 bits per heavy atom. The van der Waals surface area contributed by atoms with Crippen molar-refractivity contribution in [2.24, 2.45) is 0 Å². The van der Waals surface area contributed by atoms with Crippen molar-refractivity contribution >= 4 is 15.9 Å². The van der Waals surface area contributed by atoms with E-state index in [4.69, 9.17) is 9.47 Å². The molecule has 1 aliphatic rings. The second kappa shape index (κ2) is 8.24. The minimum Gasteiger partial charge on any atom is -0.497 e. The summed E-state index contributed by atoms with van der Waals surface area (Å²) in [6, 6.07) is 4.43. The van der Waals surface area contributed by atoms with E-state index in [9.17, 15) is 13.2 Å². The zero-order chi connectivity index (χ0) is 19.5. The van der Waals surface area contributed by atoms with Crippen molar-refractivity contribution in [2.75, 3.05) is 54.5 Å². The number of hydrogen-bond donors (Lipinski definition) is 0. The Morgan fingerprint density at radius 2 is 1.73 bits per heavy atom. The molecule has 0 aromatic heterocycles. The zero-order valence-corrected chi connectivity index (χ0v) is 16.7. The van der Waals surface area contributed by atoms with Crippen LogP contribution in [0.1, 0.15) is 6.92 Å². The fourth-order valence-corrected chi connectivity index (χ4v) is 4.58. The third kappa shape index (κ3) is 4.11. The summed E-state index contributed by atoms with van der Waals surface area (Å²) in [5.74, 6) is 0.744. The lowest BCUT2D eigenvalue weighted by Crippen LogP contribution is -2.54. The molecular weight excluding hydrogens is 358 g/mol. The summed E-state index contributed by atoms with van der Waals surface area (Å²) in [5, 5.41) is 0. The second-order valence-corrected chi connectivity index (χ2v) is 8.27. The fourth-order valence-electron chi connectivity index (χ4n) is 2.99. The van der Waals surface area contributed by atoms with Crippen LogP contribution in [0.25, 0.3) is 0 Å². The maximum atomic E-state index is 13.1. The molecule has 1 aliphatic heterocycles. The summed E-state index contributed by atoms with van der Waals surface area (Å²) in [4.78, 5) is 15.8. The predicted octanol–water partition coefficient (Wildman–Crippen LogP) is 0.487. The molecule has 1 fully saturated rings. The van der Waals surface area contributed by atoms with Gasteiger partial charge in [0.1, 0.15) is 16.4 Å². The van der Waals surface area contributed by atoms with Crippen molar-refractivity contribution in [3.63, 3.8) is 0 Å². The summed E-state index contributed by atoms with van der Waals surface area (Å²) in [7, 11) is 2.64. The van der Waals surface area contributed by atoms with E-state index in [-0.39, 0.29) is 22.6 Å². The van der Waals surface area contributed by atoms with Gasteiger partial charge in [0.05, 0.1) is 20.3 Å². The normalized spacial score (nSPS) is 17.6. The molecule has 1 heterocycles. The van der Waals surface area contributed by atoms with Gasteiger partial charge in [-0.25, -0.2) is 8.42 Å². The van der Waals surface area contributed by atoms with Crippen molar-refractivity contribution in [3.8, 4) is 11.5 Å². The largest absolute Gasteiger partial charge is 0.497 e. The van der Waals surface area contributed by atoms with Crippen molar-refractivity contribution in [2.45, 2.75) is 17.9 Å². The Kier molecular flexibility index (Phi) is 6.48. The second-order valence-electron chi connectivity index (χ2n) is 6.37. The van der Waals surface area contributed by atoms with E-state index in [0.29, 0.717) is 31.9 Å². The number of sulfonamides is 1. The number of benzene rings is 1. The van der Waals surface area contributed by atoms with Gasteiger partial charge in [0, 0.05) is 46.3 Å². The van der Waals surface area contributed by atoms with E-state index < -0.39 is 10.0 Å². The van der Waals surface area contributed by atoms with Gasteiger partial charge in [-0.3, -0.25) is 9.69 Å². The number of piperazine rings is 1. The molecule has 0 unspecified atom stereocenters. The number of rotatable bonds is 6. The number of nitrogens with zero attached hydrogens (tertiary/aromatic N) is 3. The Balaban J connectivity index is 2.17. The van der Waals surface area contributed by atoms with Crippen LogP contribution in [0.3, 0.4) is 0 Å². The lowest BCUT2D eigenvalue weighted by atomic mass is 10.2. The molecule has 0 N–H and O–H groups in total. The highest BCUT2D eigenvalue weighted by molar-refractivity contribution is 7.89. The van der Waals surface area contributed by atoms with E-state index in [1.807, 2.05) is 11.8 Å². The van der Waals surface area contributed by atoms with E-state index >= 15 is 0 Å². The summed E-state index contributed by atoms with van der Waals surface area (Å²) in [6.07, 6.45) is 0. The molecule has 146 valence electrons. The number of hydrogen-bond acceptors (Lipinski definition) is 6. The minimum atomic E-state index is -3.72. The first-order valence-corrected chi connectivity index (χ1v) is 9.83. The van der Waals surface area contributed by atoms with Gasteiger partial charge in [0.2, 0.25) is 15.9 Å². The number of likely N-dealkylation sites (N-methyl/N-ethyl adjacent to an activating group) is 1. The summed E-state index contributed by atoms with van der Waals surface area (Å²) >= 11 is 0. The van der Waals surface area contributed by atoms with Gasteiger partial charge in [0.15, 0.2) is 0 Å². The summed E-state index contributed by atoms with van der Waals surface area (Å²) in [6.45, 7) is 3.46. The molecule has 1 aromatic rings. The molecule has 26 heavy (non-hydrogen) atoms. The van der Waals surface area contributed by atoms with Crippen LogP contribution in [0.15, 0.2) is 23.1 Å².